The first-order chi connectivity index (χ1) is 6.45. The Balaban J connectivity index is 3.41. The molecule has 6 nitrogen and oxygen atoms in total. The first-order valence-electron chi connectivity index (χ1n) is 3.22. The van der Waals surface area contributed by atoms with Crippen LogP contribution in [0.15, 0.2) is 16.6 Å². The highest BCUT2D eigenvalue weighted by molar-refractivity contribution is 9.10. The third-order valence-electron chi connectivity index (χ3n) is 1.43. The van der Waals surface area contributed by atoms with Crippen LogP contribution in [-0.4, -0.2) is 9.85 Å². The summed E-state index contributed by atoms with van der Waals surface area (Å²) in [6, 6.07) is 2.01. The van der Waals surface area contributed by atoms with Crippen LogP contribution < -0.4 is 0 Å². The van der Waals surface area contributed by atoms with Crippen molar-refractivity contribution in [3.05, 3.63) is 41.9 Å². The number of nitro benzene ring substituents is 2. The zero-order chi connectivity index (χ0) is 10.9. The Labute approximate surface area is 90.9 Å². The molecule has 0 saturated carbocycles. The fourth-order valence-electron chi connectivity index (χ4n) is 0.811. The molecule has 0 aliphatic carbocycles. The van der Waals surface area contributed by atoms with E-state index in [-0.39, 0.29) is 20.9 Å². The maximum atomic E-state index is 10.4. The van der Waals surface area contributed by atoms with Crippen molar-refractivity contribution in [2.75, 3.05) is 0 Å². The van der Waals surface area contributed by atoms with Gasteiger partial charge in [-0.05, 0) is 15.9 Å². The van der Waals surface area contributed by atoms with Gasteiger partial charge in [-0.15, -0.1) is 0 Å². The monoisotopic (exact) mass is 280 g/mol. The second kappa shape index (κ2) is 3.89. The molecule has 74 valence electrons. The molecule has 0 saturated heterocycles. The molecule has 0 fully saturated rings. The van der Waals surface area contributed by atoms with E-state index >= 15 is 0 Å². The van der Waals surface area contributed by atoms with Crippen molar-refractivity contribution in [3.8, 4) is 0 Å². The van der Waals surface area contributed by atoms with Crippen LogP contribution in [0, 0.1) is 20.2 Å². The molecular formula is C6H2BrClN2O4. The Hall–Kier alpha value is -1.21. The number of nitrogens with zero attached hydrogens (tertiary/aromatic N) is 2. The van der Waals surface area contributed by atoms with Crippen LogP contribution in [0.2, 0.25) is 5.02 Å². The number of hydrogen-bond acceptors (Lipinski definition) is 4. The van der Waals surface area contributed by atoms with Crippen LogP contribution in [0.25, 0.3) is 0 Å². The number of benzene rings is 1. The van der Waals surface area contributed by atoms with Crippen LogP contribution in [0.1, 0.15) is 0 Å². The molecule has 1 aromatic carbocycles. The highest BCUT2D eigenvalue weighted by Gasteiger charge is 2.23. The molecule has 0 unspecified atom stereocenters. The number of nitro groups is 2. The van der Waals surface area contributed by atoms with E-state index in [0.29, 0.717) is 0 Å². The van der Waals surface area contributed by atoms with E-state index in [1.165, 1.54) is 0 Å². The average molecular weight is 281 g/mol. The molecule has 0 N–H and O–H groups in total. The highest BCUT2D eigenvalue weighted by atomic mass is 79.9. The van der Waals surface area contributed by atoms with E-state index in [0.717, 1.165) is 12.1 Å². The van der Waals surface area contributed by atoms with Gasteiger partial charge < -0.3 is 0 Å². The first kappa shape index (κ1) is 10.9. The van der Waals surface area contributed by atoms with Gasteiger partial charge >= 0.3 is 0 Å². The lowest BCUT2D eigenvalue weighted by Crippen LogP contribution is -1.94. The molecule has 14 heavy (non-hydrogen) atoms. The van der Waals surface area contributed by atoms with Gasteiger partial charge in [0.25, 0.3) is 11.4 Å². The van der Waals surface area contributed by atoms with Crippen molar-refractivity contribution < 1.29 is 9.85 Å². The summed E-state index contributed by atoms with van der Waals surface area (Å²) in [4.78, 5) is 19.4. The average Bonchev–Trinajstić information content (AvgIpc) is 2.08. The summed E-state index contributed by atoms with van der Waals surface area (Å²) >= 11 is 8.37. The van der Waals surface area contributed by atoms with Gasteiger partial charge in [0.05, 0.1) is 9.85 Å². The lowest BCUT2D eigenvalue weighted by atomic mass is 10.3. The smallest absolute Gasteiger partial charge is 0.258 e. The minimum atomic E-state index is -0.711. The molecule has 0 radical (unpaired) electrons. The van der Waals surface area contributed by atoms with E-state index in [1.807, 2.05) is 0 Å². The Morgan fingerprint density at radius 1 is 1.14 bits per heavy atom. The van der Waals surface area contributed by atoms with Gasteiger partial charge in [-0.25, -0.2) is 0 Å². The van der Waals surface area contributed by atoms with E-state index in [4.69, 9.17) is 11.6 Å². The molecule has 0 aliphatic rings. The summed E-state index contributed by atoms with van der Waals surface area (Å²) in [6.45, 7) is 0. The SMILES string of the molecule is O=[N+]([O-])c1ccc([N+](=O)[O-])c(Br)c1Cl. The molecule has 0 heterocycles. The molecule has 0 spiro atoms. The summed E-state index contributed by atoms with van der Waals surface area (Å²) < 4.78 is -0.0848. The zero-order valence-electron chi connectivity index (χ0n) is 6.44. The quantitative estimate of drug-likeness (QED) is 0.616. The molecule has 1 aromatic rings. The summed E-state index contributed by atoms with van der Waals surface area (Å²) in [5, 5.41) is 20.5. The van der Waals surface area contributed by atoms with Gasteiger partial charge in [-0.2, -0.15) is 0 Å². The van der Waals surface area contributed by atoms with Gasteiger partial charge in [0, 0.05) is 12.1 Å². The number of halogens is 2. The van der Waals surface area contributed by atoms with Crippen molar-refractivity contribution in [1.82, 2.24) is 0 Å². The van der Waals surface area contributed by atoms with Crippen molar-refractivity contribution >= 4 is 38.9 Å². The minimum absolute atomic E-state index is 0.0848. The predicted octanol–water partition coefficient (Wildman–Crippen LogP) is 2.92. The molecule has 0 bridgehead atoms. The van der Waals surface area contributed by atoms with Crippen LogP contribution >= 0.6 is 27.5 Å². The first-order valence-corrected chi connectivity index (χ1v) is 4.39. The lowest BCUT2D eigenvalue weighted by molar-refractivity contribution is -0.389. The van der Waals surface area contributed by atoms with E-state index in [2.05, 4.69) is 15.9 Å². The number of hydrogen-bond donors (Lipinski definition) is 0. The normalized spacial score (nSPS) is 9.86. The van der Waals surface area contributed by atoms with Gasteiger partial charge in [0.2, 0.25) is 0 Å². The molecule has 0 aromatic heterocycles. The summed E-state index contributed by atoms with van der Waals surface area (Å²) in [5.41, 5.74) is -0.676. The highest BCUT2D eigenvalue weighted by Crippen LogP contribution is 2.38. The third kappa shape index (κ3) is 1.83. The second-order valence-corrected chi connectivity index (χ2v) is 3.42. The van der Waals surface area contributed by atoms with Gasteiger partial charge in [-0.1, -0.05) is 11.6 Å². The van der Waals surface area contributed by atoms with Crippen LogP contribution in [0.3, 0.4) is 0 Å². The van der Waals surface area contributed by atoms with E-state index in [9.17, 15) is 20.2 Å². The summed E-state index contributed by atoms with van der Waals surface area (Å²) in [5.74, 6) is 0. The third-order valence-corrected chi connectivity index (χ3v) is 2.85. The van der Waals surface area contributed by atoms with Crippen LogP contribution in [0.5, 0.6) is 0 Å². The van der Waals surface area contributed by atoms with Crippen molar-refractivity contribution in [2.24, 2.45) is 0 Å². The molecule has 0 atom stereocenters. The van der Waals surface area contributed by atoms with Gasteiger partial charge in [0.1, 0.15) is 9.50 Å². The number of rotatable bonds is 2. The maximum Gasteiger partial charge on any atom is 0.289 e. The van der Waals surface area contributed by atoms with Gasteiger partial charge in [0.15, 0.2) is 0 Å². The van der Waals surface area contributed by atoms with Crippen LogP contribution in [-0.2, 0) is 0 Å². The topological polar surface area (TPSA) is 86.3 Å². The Kier molecular flexibility index (Phi) is 3.02. The van der Waals surface area contributed by atoms with Crippen molar-refractivity contribution in [3.63, 3.8) is 0 Å². The summed E-state index contributed by atoms with van der Waals surface area (Å²) in [6.07, 6.45) is 0. The summed E-state index contributed by atoms with van der Waals surface area (Å²) in [7, 11) is 0. The van der Waals surface area contributed by atoms with Crippen molar-refractivity contribution in [2.45, 2.75) is 0 Å². The van der Waals surface area contributed by atoms with Crippen LogP contribution in [0.4, 0.5) is 11.4 Å². The van der Waals surface area contributed by atoms with E-state index < -0.39 is 9.85 Å². The largest absolute Gasteiger partial charge is 0.289 e. The Morgan fingerprint density at radius 2 is 1.57 bits per heavy atom. The standard InChI is InChI=1S/C6H2BrClN2O4/c7-5-3(9(11)12)1-2-4(6(5)8)10(13)14/h1-2H. The predicted molar refractivity (Wildman–Crippen MR) is 52.5 cm³/mol. The molecule has 1 rings (SSSR count). The zero-order valence-corrected chi connectivity index (χ0v) is 8.78. The minimum Gasteiger partial charge on any atom is -0.258 e. The molecule has 0 aliphatic heterocycles. The molecule has 0 amide bonds. The Morgan fingerprint density at radius 3 is 2.00 bits per heavy atom. The fourth-order valence-corrected chi connectivity index (χ4v) is 1.52. The Bertz CT molecular complexity index is 384. The lowest BCUT2D eigenvalue weighted by Gasteiger charge is -1.98. The fraction of sp³-hybridized carbons (Fsp3) is 0. The van der Waals surface area contributed by atoms with Gasteiger partial charge in [-0.3, -0.25) is 20.2 Å². The maximum absolute atomic E-state index is 10.4. The molecule has 8 heteroatoms. The van der Waals surface area contributed by atoms with E-state index in [1.54, 1.807) is 0 Å². The molecular weight excluding hydrogens is 279 g/mol. The van der Waals surface area contributed by atoms with Crippen molar-refractivity contribution in [1.29, 1.82) is 0 Å². The second-order valence-electron chi connectivity index (χ2n) is 2.25.